The molecule has 0 aliphatic carbocycles. The summed E-state index contributed by atoms with van der Waals surface area (Å²) in [5.41, 5.74) is 0.851. The van der Waals surface area contributed by atoms with Gasteiger partial charge in [0.05, 0.1) is 24.3 Å². The summed E-state index contributed by atoms with van der Waals surface area (Å²) in [6, 6.07) is 1.68. The average Bonchev–Trinajstić information content (AvgIpc) is 2.19. The number of hydrogen-bond donors (Lipinski definition) is 0. The lowest BCUT2D eigenvalue weighted by Gasteiger charge is -2.12. The first-order valence-electron chi connectivity index (χ1n) is 4.24. The van der Waals surface area contributed by atoms with E-state index in [1.165, 1.54) is 0 Å². The zero-order valence-corrected chi connectivity index (χ0v) is 9.87. The van der Waals surface area contributed by atoms with Gasteiger partial charge in [-0.1, -0.05) is 30.1 Å². The minimum absolute atomic E-state index is 0.556. The summed E-state index contributed by atoms with van der Waals surface area (Å²) in [6.07, 6.45) is 0.741. The summed E-state index contributed by atoms with van der Waals surface area (Å²) >= 11 is 12.2. The van der Waals surface area contributed by atoms with E-state index in [0.717, 1.165) is 12.0 Å². The monoisotopic (exact) mass is 234 g/mol. The van der Waals surface area contributed by atoms with Crippen molar-refractivity contribution < 1.29 is 9.47 Å². The van der Waals surface area contributed by atoms with Crippen molar-refractivity contribution in [1.82, 2.24) is 0 Å². The van der Waals surface area contributed by atoms with E-state index in [0.29, 0.717) is 21.5 Å². The van der Waals surface area contributed by atoms with Gasteiger partial charge in [0, 0.05) is 6.07 Å². The van der Waals surface area contributed by atoms with Gasteiger partial charge in [-0.2, -0.15) is 0 Å². The molecule has 0 heterocycles. The highest BCUT2D eigenvalue weighted by Gasteiger charge is 2.15. The molecule has 0 aliphatic heterocycles. The normalized spacial score (nSPS) is 10.1. The number of ether oxygens (including phenoxy) is 2. The molecule has 0 fully saturated rings. The molecule has 14 heavy (non-hydrogen) atoms. The molecule has 4 heteroatoms. The van der Waals surface area contributed by atoms with E-state index < -0.39 is 0 Å². The van der Waals surface area contributed by atoms with E-state index in [4.69, 9.17) is 32.7 Å². The summed E-state index contributed by atoms with van der Waals surface area (Å²) in [7, 11) is 3.13. The molecule has 0 unspecified atom stereocenters. The second-order valence-electron chi connectivity index (χ2n) is 2.74. The Morgan fingerprint density at radius 2 is 1.50 bits per heavy atom. The topological polar surface area (TPSA) is 18.5 Å². The summed E-state index contributed by atoms with van der Waals surface area (Å²) < 4.78 is 10.2. The fraction of sp³-hybridized carbons (Fsp3) is 0.400. The molecule has 1 aromatic carbocycles. The van der Waals surface area contributed by atoms with Crippen LogP contribution in [0.3, 0.4) is 0 Å². The lowest BCUT2D eigenvalue weighted by molar-refractivity contribution is 0.394. The van der Waals surface area contributed by atoms with Gasteiger partial charge in [-0.3, -0.25) is 0 Å². The molecule has 0 saturated heterocycles. The fourth-order valence-electron chi connectivity index (χ4n) is 1.25. The highest BCUT2D eigenvalue weighted by Crippen LogP contribution is 2.40. The van der Waals surface area contributed by atoms with E-state index in [2.05, 4.69) is 0 Å². The molecule has 0 aromatic heterocycles. The van der Waals surface area contributed by atoms with Crippen molar-refractivity contribution in [2.24, 2.45) is 0 Å². The molecular formula is C10H12Cl2O2. The van der Waals surface area contributed by atoms with Gasteiger partial charge in [0.1, 0.15) is 11.5 Å². The van der Waals surface area contributed by atoms with Crippen LogP contribution in [0.4, 0.5) is 0 Å². The molecule has 0 radical (unpaired) electrons. The van der Waals surface area contributed by atoms with Crippen LogP contribution >= 0.6 is 23.2 Å². The van der Waals surface area contributed by atoms with Crippen LogP contribution in [-0.2, 0) is 6.42 Å². The molecule has 0 N–H and O–H groups in total. The third kappa shape index (κ3) is 1.91. The van der Waals surface area contributed by atoms with Gasteiger partial charge in [0.2, 0.25) is 0 Å². The Hall–Kier alpha value is -0.600. The number of methoxy groups -OCH3 is 2. The fourth-order valence-corrected chi connectivity index (χ4v) is 2.02. The first-order chi connectivity index (χ1) is 6.65. The molecule has 78 valence electrons. The summed E-state index contributed by atoms with van der Waals surface area (Å²) in [5.74, 6) is 1.18. The summed E-state index contributed by atoms with van der Waals surface area (Å²) in [6.45, 7) is 1.98. The summed E-state index contributed by atoms with van der Waals surface area (Å²) in [5, 5.41) is 1.11. The van der Waals surface area contributed by atoms with E-state index in [1.807, 2.05) is 6.92 Å². The molecule has 0 aliphatic rings. The second-order valence-corrected chi connectivity index (χ2v) is 3.50. The molecule has 1 rings (SSSR count). The smallest absolute Gasteiger partial charge is 0.141 e. The van der Waals surface area contributed by atoms with Gasteiger partial charge in [0.25, 0.3) is 0 Å². The van der Waals surface area contributed by atoms with Crippen molar-refractivity contribution >= 4 is 23.2 Å². The van der Waals surface area contributed by atoms with Crippen molar-refractivity contribution in [1.29, 1.82) is 0 Å². The largest absolute Gasteiger partial charge is 0.495 e. The molecule has 2 nitrogen and oxygen atoms in total. The first kappa shape index (κ1) is 11.5. The maximum Gasteiger partial charge on any atom is 0.141 e. The van der Waals surface area contributed by atoms with E-state index in [1.54, 1.807) is 20.3 Å². The van der Waals surface area contributed by atoms with E-state index in [9.17, 15) is 0 Å². The lowest BCUT2D eigenvalue weighted by atomic mass is 10.1. The Balaban J connectivity index is 3.39. The van der Waals surface area contributed by atoms with Crippen LogP contribution in [0.25, 0.3) is 0 Å². The molecule has 1 aromatic rings. The molecule has 0 saturated carbocycles. The van der Waals surface area contributed by atoms with Crippen molar-refractivity contribution in [3.8, 4) is 11.5 Å². The highest BCUT2D eigenvalue weighted by atomic mass is 35.5. The van der Waals surface area contributed by atoms with Gasteiger partial charge in [-0.25, -0.2) is 0 Å². The van der Waals surface area contributed by atoms with Crippen LogP contribution in [0.1, 0.15) is 12.5 Å². The lowest BCUT2D eigenvalue weighted by Crippen LogP contribution is -1.94. The standard InChI is InChI=1S/C10H12Cl2O2/c1-4-6-9(11)7(13-2)5-8(14-3)10(6)12/h5H,4H2,1-3H3. The number of benzene rings is 1. The van der Waals surface area contributed by atoms with Crippen molar-refractivity contribution in [2.45, 2.75) is 13.3 Å². The van der Waals surface area contributed by atoms with Crippen molar-refractivity contribution in [2.75, 3.05) is 14.2 Å². The molecule has 0 bridgehead atoms. The maximum absolute atomic E-state index is 6.08. The minimum Gasteiger partial charge on any atom is -0.495 e. The Kier molecular flexibility index (Phi) is 3.90. The van der Waals surface area contributed by atoms with Crippen LogP contribution in [0.15, 0.2) is 6.07 Å². The van der Waals surface area contributed by atoms with Crippen LogP contribution in [0.5, 0.6) is 11.5 Å². The first-order valence-corrected chi connectivity index (χ1v) is 5.00. The van der Waals surface area contributed by atoms with E-state index >= 15 is 0 Å². The Morgan fingerprint density at radius 3 is 1.79 bits per heavy atom. The van der Waals surface area contributed by atoms with Crippen LogP contribution < -0.4 is 9.47 Å². The quantitative estimate of drug-likeness (QED) is 0.797. The van der Waals surface area contributed by atoms with Gasteiger partial charge < -0.3 is 9.47 Å². The predicted octanol–water partition coefficient (Wildman–Crippen LogP) is 3.57. The van der Waals surface area contributed by atoms with Crippen molar-refractivity contribution in [3.05, 3.63) is 21.7 Å². The number of halogens is 2. The van der Waals surface area contributed by atoms with Gasteiger partial charge >= 0.3 is 0 Å². The third-order valence-corrected chi connectivity index (χ3v) is 2.85. The summed E-state index contributed by atoms with van der Waals surface area (Å²) in [4.78, 5) is 0. The SMILES string of the molecule is CCc1c(Cl)c(OC)cc(OC)c1Cl. The van der Waals surface area contributed by atoms with Gasteiger partial charge in [-0.15, -0.1) is 0 Å². The molecule has 0 spiro atoms. The maximum atomic E-state index is 6.08. The van der Waals surface area contributed by atoms with E-state index in [-0.39, 0.29) is 0 Å². The highest BCUT2D eigenvalue weighted by molar-refractivity contribution is 6.37. The predicted molar refractivity (Wildman–Crippen MR) is 58.9 cm³/mol. The third-order valence-electron chi connectivity index (χ3n) is 2.02. The number of rotatable bonds is 3. The van der Waals surface area contributed by atoms with Crippen LogP contribution in [0, 0.1) is 0 Å². The van der Waals surface area contributed by atoms with Gasteiger partial charge in [0.15, 0.2) is 0 Å². The average molecular weight is 235 g/mol. The Morgan fingerprint density at radius 1 is 1.07 bits per heavy atom. The molecule has 0 atom stereocenters. The Labute approximate surface area is 93.7 Å². The molecule has 0 amide bonds. The number of hydrogen-bond acceptors (Lipinski definition) is 2. The van der Waals surface area contributed by atoms with Crippen LogP contribution in [-0.4, -0.2) is 14.2 Å². The zero-order valence-electron chi connectivity index (χ0n) is 8.36. The van der Waals surface area contributed by atoms with Crippen molar-refractivity contribution in [3.63, 3.8) is 0 Å². The Bertz CT molecular complexity index is 309. The van der Waals surface area contributed by atoms with Crippen LogP contribution in [0.2, 0.25) is 10.0 Å². The minimum atomic E-state index is 0.556. The van der Waals surface area contributed by atoms with Gasteiger partial charge in [-0.05, 0) is 12.0 Å². The second kappa shape index (κ2) is 4.76. The molecular weight excluding hydrogens is 223 g/mol. The zero-order chi connectivity index (χ0) is 10.7.